The van der Waals surface area contributed by atoms with E-state index < -0.39 is 6.10 Å². The Morgan fingerprint density at radius 2 is 1.16 bits per heavy atom. The van der Waals surface area contributed by atoms with Crippen LogP contribution in [0.3, 0.4) is 0 Å². The van der Waals surface area contributed by atoms with Gasteiger partial charge >= 0.3 is 0 Å². The summed E-state index contributed by atoms with van der Waals surface area (Å²) >= 11 is 0. The van der Waals surface area contributed by atoms with Gasteiger partial charge in [0.05, 0.1) is 27.4 Å². The van der Waals surface area contributed by atoms with Crippen molar-refractivity contribution in [2.75, 3.05) is 21.3 Å². The molecule has 0 fully saturated rings. The molecule has 4 rings (SSSR count). The van der Waals surface area contributed by atoms with Crippen molar-refractivity contribution in [1.29, 1.82) is 0 Å². The smallest absolute Gasteiger partial charge is 0.203 e. The highest BCUT2D eigenvalue weighted by Crippen LogP contribution is 2.40. The Hall–Kier alpha value is -4.16. The Bertz CT molecular complexity index is 1290. The van der Waals surface area contributed by atoms with Crippen molar-refractivity contribution in [3.05, 3.63) is 113 Å². The summed E-state index contributed by atoms with van der Waals surface area (Å²) in [7, 11) is 4.80. The van der Waals surface area contributed by atoms with E-state index in [1.807, 2.05) is 91.0 Å². The van der Waals surface area contributed by atoms with Gasteiger partial charge in [0.1, 0.15) is 13.2 Å². The van der Waals surface area contributed by atoms with Gasteiger partial charge in [0.2, 0.25) is 5.75 Å². The van der Waals surface area contributed by atoms with Gasteiger partial charge in [-0.25, -0.2) is 0 Å². The van der Waals surface area contributed by atoms with Crippen LogP contribution in [0.5, 0.6) is 28.7 Å². The molecule has 0 aromatic heterocycles. The molecule has 0 heterocycles. The fraction of sp³-hybridized carbons (Fsp3) is 0.250. The van der Waals surface area contributed by atoms with Crippen LogP contribution in [-0.4, -0.2) is 26.4 Å². The van der Waals surface area contributed by atoms with Gasteiger partial charge < -0.3 is 28.8 Å². The minimum absolute atomic E-state index is 0.407. The minimum Gasteiger partial charge on any atom is -0.493 e. The molecule has 6 heteroatoms. The van der Waals surface area contributed by atoms with Crippen LogP contribution in [0.15, 0.2) is 91.0 Å². The second-order valence-electron chi connectivity index (χ2n) is 8.84. The lowest BCUT2D eigenvalue weighted by Gasteiger charge is -2.18. The second kappa shape index (κ2) is 13.4. The monoisotopic (exact) mass is 514 g/mol. The molecule has 0 spiro atoms. The van der Waals surface area contributed by atoms with Gasteiger partial charge in [0.15, 0.2) is 23.0 Å². The summed E-state index contributed by atoms with van der Waals surface area (Å²) in [6.45, 7) is 0.818. The summed E-state index contributed by atoms with van der Waals surface area (Å²) in [4.78, 5) is 0. The van der Waals surface area contributed by atoms with Gasteiger partial charge in [0, 0.05) is 0 Å². The van der Waals surface area contributed by atoms with Crippen LogP contribution in [0, 0.1) is 0 Å². The SMILES string of the molecule is COc1ccc([C@@H](O)CCc2cc(OC)c(OC)c(OCc3ccccc3)c2)cc1OCc1ccccc1. The zero-order valence-electron chi connectivity index (χ0n) is 22.1. The van der Waals surface area contributed by atoms with Crippen molar-refractivity contribution in [2.24, 2.45) is 0 Å². The topological polar surface area (TPSA) is 66.4 Å². The third kappa shape index (κ3) is 6.99. The van der Waals surface area contributed by atoms with Crippen LogP contribution >= 0.6 is 0 Å². The normalized spacial score (nSPS) is 11.5. The summed E-state index contributed by atoms with van der Waals surface area (Å²) in [6.07, 6.45) is 0.412. The lowest BCUT2D eigenvalue weighted by Crippen LogP contribution is -2.04. The predicted octanol–water partition coefficient (Wildman–Crippen LogP) is 6.54. The second-order valence-corrected chi connectivity index (χ2v) is 8.84. The van der Waals surface area contributed by atoms with Crippen LogP contribution in [0.4, 0.5) is 0 Å². The first-order valence-electron chi connectivity index (χ1n) is 12.6. The fourth-order valence-corrected chi connectivity index (χ4v) is 4.19. The number of aryl methyl sites for hydroxylation is 1. The van der Waals surface area contributed by atoms with Crippen molar-refractivity contribution in [3.8, 4) is 28.7 Å². The largest absolute Gasteiger partial charge is 0.493 e. The van der Waals surface area contributed by atoms with Crippen molar-refractivity contribution in [3.63, 3.8) is 0 Å². The molecule has 6 nitrogen and oxygen atoms in total. The fourth-order valence-electron chi connectivity index (χ4n) is 4.19. The Morgan fingerprint density at radius 3 is 1.74 bits per heavy atom. The molecule has 0 radical (unpaired) electrons. The van der Waals surface area contributed by atoms with Crippen LogP contribution in [0.2, 0.25) is 0 Å². The molecule has 0 aliphatic heterocycles. The summed E-state index contributed by atoms with van der Waals surface area (Å²) in [5.74, 6) is 2.94. The highest BCUT2D eigenvalue weighted by molar-refractivity contribution is 5.54. The molecule has 0 saturated carbocycles. The minimum atomic E-state index is -0.693. The number of benzene rings is 4. The van der Waals surface area contributed by atoms with Gasteiger partial charge in [-0.1, -0.05) is 66.7 Å². The van der Waals surface area contributed by atoms with Crippen molar-refractivity contribution in [1.82, 2.24) is 0 Å². The number of methoxy groups -OCH3 is 3. The van der Waals surface area contributed by atoms with E-state index in [0.717, 1.165) is 22.3 Å². The molecule has 38 heavy (non-hydrogen) atoms. The molecule has 0 amide bonds. The van der Waals surface area contributed by atoms with Crippen LogP contribution in [-0.2, 0) is 19.6 Å². The van der Waals surface area contributed by atoms with E-state index in [4.69, 9.17) is 23.7 Å². The summed E-state index contributed by atoms with van der Waals surface area (Å²) in [5, 5.41) is 11.0. The zero-order valence-corrected chi connectivity index (χ0v) is 22.1. The van der Waals surface area contributed by atoms with Crippen LogP contribution < -0.4 is 23.7 Å². The third-order valence-corrected chi connectivity index (χ3v) is 6.26. The van der Waals surface area contributed by atoms with E-state index >= 15 is 0 Å². The average Bonchev–Trinajstić information content (AvgIpc) is 2.98. The summed E-state index contributed by atoms with van der Waals surface area (Å²) in [5.41, 5.74) is 3.84. The highest BCUT2D eigenvalue weighted by Gasteiger charge is 2.17. The Morgan fingerprint density at radius 1 is 0.579 bits per heavy atom. The number of aliphatic hydroxyl groups is 1. The lowest BCUT2D eigenvalue weighted by molar-refractivity contribution is 0.167. The molecule has 198 valence electrons. The first-order chi connectivity index (χ1) is 18.6. The molecule has 0 saturated heterocycles. The average molecular weight is 515 g/mol. The van der Waals surface area contributed by atoms with E-state index in [9.17, 15) is 5.11 Å². The van der Waals surface area contributed by atoms with Gasteiger partial charge in [0.25, 0.3) is 0 Å². The maximum atomic E-state index is 11.0. The molecule has 1 N–H and O–H groups in total. The molecular weight excluding hydrogens is 480 g/mol. The molecular formula is C32H34O6. The lowest BCUT2D eigenvalue weighted by atomic mass is 10.0. The first kappa shape index (κ1) is 26.9. The molecule has 0 aliphatic carbocycles. The number of rotatable bonds is 13. The van der Waals surface area contributed by atoms with E-state index in [2.05, 4.69) is 0 Å². The number of hydrogen-bond acceptors (Lipinski definition) is 6. The molecule has 4 aromatic rings. The van der Waals surface area contributed by atoms with E-state index in [1.54, 1.807) is 21.3 Å². The Balaban J connectivity index is 1.46. The van der Waals surface area contributed by atoms with E-state index in [0.29, 0.717) is 54.8 Å². The third-order valence-electron chi connectivity index (χ3n) is 6.26. The molecule has 0 unspecified atom stereocenters. The number of hydrogen-bond donors (Lipinski definition) is 1. The Kier molecular flexibility index (Phi) is 9.48. The van der Waals surface area contributed by atoms with Gasteiger partial charge in [-0.05, 0) is 59.4 Å². The standard InChI is InChI=1S/C32H34O6/c1-34-28-17-15-26(20-29(28)37-21-23-10-6-4-7-11-23)27(33)16-14-25-18-30(35-2)32(36-3)31(19-25)38-22-24-12-8-5-9-13-24/h4-13,15,17-20,27,33H,14,16,21-22H2,1-3H3/t27-/m0/s1. The van der Waals surface area contributed by atoms with Gasteiger partial charge in [-0.15, -0.1) is 0 Å². The number of aliphatic hydroxyl groups excluding tert-OH is 1. The zero-order chi connectivity index (χ0) is 26.7. The molecule has 1 atom stereocenters. The van der Waals surface area contributed by atoms with E-state index in [1.165, 1.54) is 0 Å². The van der Waals surface area contributed by atoms with E-state index in [-0.39, 0.29) is 0 Å². The molecule has 4 aromatic carbocycles. The molecule has 0 aliphatic rings. The van der Waals surface area contributed by atoms with Crippen LogP contribution in [0.25, 0.3) is 0 Å². The maximum absolute atomic E-state index is 11.0. The quantitative estimate of drug-likeness (QED) is 0.219. The van der Waals surface area contributed by atoms with Crippen molar-refractivity contribution < 1.29 is 28.8 Å². The van der Waals surface area contributed by atoms with Crippen molar-refractivity contribution in [2.45, 2.75) is 32.2 Å². The van der Waals surface area contributed by atoms with Gasteiger partial charge in [-0.2, -0.15) is 0 Å². The summed E-state index contributed by atoms with van der Waals surface area (Å²) < 4.78 is 28.7. The highest BCUT2D eigenvalue weighted by atomic mass is 16.5. The summed E-state index contributed by atoms with van der Waals surface area (Å²) in [6, 6.07) is 29.3. The van der Waals surface area contributed by atoms with Crippen molar-refractivity contribution >= 4 is 0 Å². The Labute approximate surface area is 224 Å². The first-order valence-corrected chi connectivity index (χ1v) is 12.6. The van der Waals surface area contributed by atoms with Gasteiger partial charge in [-0.3, -0.25) is 0 Å². The molecule has 0 bridgehead atoms. The van der Waals surface area contributed by atoms with Crippen LogP contribution in [0.1, 0.15) is 34.8 Å². The predicted molar refractivity (Wildman–Crippen MR) is 147 cm³/mol. The maximum Gasteiger partial charge on any atom is 0.203 e. The number of ether oxygens (including phenoxy) is 5.